The molecule has 2 rings (SSSR count). The second-order valence-corrected chi connectivity index (χ2v) is 5.66. The summed E-state index contributed by atoms with van der Waals surface area (Å²) in [5.41, 5.74) is 6.97. The second-order valence-electron chi connectivity index (χ2n) is 5.66. The Bertz CT molecular complexity index is 412. The smallest absolute Gasteiger partial charge is 0.239 e. The molecule has 3 heteroatoms. The zero-order chi connectivity index (χ0) is 13.8. The van der Waals surface area contributed by atoms with Gasteiger partial charge < -0.3 is 10.6 Å². The Labute approximate surface area is 115 Å². The fourth-order valence-electron chi connectivity index (χ4n) is 2.57. The first-order valence-corrected chi connectivity index (χ1v) is 7.20. The first-order valence-electron chi connectivity index (χ1n) is 7.20. The van der Waals surface area contributed by atoms with Crippen molar-refractivity contribution in [2.24, 2.45) is 11.7 Å². The van der Waals surface area contributed by atoms with E-state index in [0.29, 0.717) is 5.92 Å². The van der Waals surface area contributed by atoms with Crippen molar-refractivity contribution in [1.29, 1.82) is 0 Å². The number of amides is 1. The molecular weight excluding hydrogens is 236 g/mol. The minimum Gasteiger partial charge on any atom is -0.334 e. The third kappa shape index (κ3) is 3.35. The first kappa shape index (κ1) is 14.1. The summed E-state index contributed by atoms with van der Waals surface area (Å²) in [4.78, 5) is 14.3. The molecule has 0 spiro atoms. The molecule has 2 atom stereocenters. The van der Waals surface area contributed by atoms with E-state index in [0.717, 1.165) is 6.54 Å². The van der Waals surface area contributed by atoms with E-state index in [1.54, 1.807) is 6.92 Å². The summed E-state index contributed by atoms with van der Waals surface area (Å²) in [7, 11) is 0. The summed E-state index contributed by atoms with van der Waals surface area (Å²) in [6, 6.07) is 9.86. The van der Waals surface area contributed by atoms with Crippen molar-refractivity contribution in [3.63, 3.8) is 0 Å². The molecular formula is C16H24N2O. The van der Waals surface area contributed by atoms with E-state index in [9.17, 15) is 4.79 Å². The highest BCUT2D eigenvalue weighted by atomic mass is 16.2. The third-order valence-corrected chi connectivity index (χ3v) is 4.10. The zero-order valence-corrected chi connectivity index (χ0v) is 11.9. The maximum absolute atomic E-state index is 12.3. The largest absolute Gasteiger partial charge is 0.334 e. The van der Waals surface area contributed by atoms with E-state index >= 15 is 0 Å². The van der Waals surface area contributed by atoms with Crippen LogP contribution in [0.4, 0.5) is 0 Å². The van der Waals surface area contributed by atoms with Gasteiger partial charge in [-0.2, -0.15) is 0 Å². The molecule has 1 aliphatic carbocycles. The van der Waals surface area contributed by atoms with Crippen LogP contribution >= 0.6 is 0 Å². The van der Waals surface area contributed by atoms with Crippen LogP contribution in [0.25, 0.3) is 0 Å². The van der Waals surface area contributed by atoms with Crippen LogP contribution in [0.15, 0.2) is 30.3 Å². The lowest BCUT2D eigenvalue weighted by Gasteiger charge is -2.37. The van der Waals surface area contributed by atoms with Crippen LogP contribution < -0.4 is 5.73 Å². The molecule has 0 unspecified atom stereocenters. The number of hydrogen-bond acceptors (Lipinski definition) is 2. The summed E-state index contributed by atoms with van der Waals surface area (Å²) in [6.45, 7) is 4.71. The number of nitrogens with zero attached hydrogens (tertiary/aromatic N) is 1. The maximum atomic E-state index is 12.3. The minimum atomic E-state index is -0.425. The first-order chi connectivity index (χ1) is 9.09. The molecule has 1 saturated carbocycles. The molecule has 1 aromatic carbocycles. The van der Waals surface area contributed by atoms with Gasteiger partial charge in [-0.15, -0.1) is 0 Å². The monoisotopic (exact) mass is 260 g/mol. The number of benzene rings is 1. The van der Waals surface area contributed by atoms with Gasteiger partial charge in [0.2, 0.25) is 5.91 Å². The third-order valence-electron chi connectivity index (χ3n) is 4.10. The van der Waals surface area contributed by atoms with E-state index in [1.807, 2.05) is 23.1 Å². The highest BCUT2D eigenvalue weighted by Gasteiger charge is 2.28. The Morgan fingerprint density at radius 3 is 2.42 bits per heavy atom. The van der Waals surface area contributed by atoms with E-state index < -0.39 is 6.04 Å². The van der Waals surface area contributed by atoms with Gasteiger partial charge in [-0.3, -0.25) is 4.79 Å². The molecule has 0 aliphatic heterocycles. The molecule has 1 aliphatic rings. The Balaban J connectivity index is 2.13. The molecule has 2 N–H and O–H groups in total. The number of rotatable bonds is 5. The molecule has 0 radical (unpaired) electrons. The topological polar surface area (TPSA) is 46.3 Å². The van der Waals surface area contributed by atoms with Crippen molar-refractivity contribution in [3.8, 4) is 0 Å². The van der Waals surface area contributed by atoms with Gasteiger partial charge in [0.05, 0.1) is 12.1 Å². The van der Waals surface area contributed by atoms with Crippen LogP contribution in [0, 0.1) is 5.92 Å². The fourth-order valence-corrected chi connectivity index (χ4v) is 2.57. The van der Waals surface area contributed by atoms with E-state index in [2.05, 4.69) is 19.1 Å². The molecule has 0 aromatic heterocycles. The number of nitrogens with two attached hydrogens (primary N) is 1. The van der Waals surface area contributed by atoms with Crippen LogP contribution in [0.5, 0.6) is 0 Å². The van der Waals surface area contributed by atoms with E-state index in [-0.39, 0.29) is 11.9 Å². The Morgan fingerprint density at radius 1 is 1.32 bits per heavy atom. The van der Waals surface area contributed by atoms with Gasteiger partial charge in [-0.1, -0.05) is 36.8 Å². The minimum absolute atomic E-state index is 0.0586. The zero-order valence-electron chi connectivity index (χ0n) is 11.9. The molecule has 0 bridgehead atoms. The molecule has 1 aromatic rings. The van der Waals surface area contributed by atoms with Gasteiger partial charge in [-0.25, -0.2) is 0 Å². The van der Waals surface area contributed by atoms with Gasteiger partial charge in [0.15, 0.2) is 0 Å². The Morgan fingerprint density at radius 2 is 1.95 bits per heavy atom. The molecule has 0 heterocycles. The molecule has 104 valence electrons. The average molecular weight is 260 g/mol. The lowest BCUT2D eigenvalue weighted by molar-refractivity contribution is -0.135. The summed E-state index contributed by atoms with van der Waals surface area (Å²) >= 11 is 0. The Kier molecular flexibility index (Phi) is 4.59. The van der Waals surface area contributed by atoms with Crippen LogP contribution in [0.1, 0.15) is 44.7 Å². The second kappa shape index (κ2) is 6.20. The van der Waals surface area contributed by atoms with Crippen molar-refractivity contribution in [1.82, 2.24) is 4.90 Å². The van der Waals surface area contributed by atoms with Crippen LogP contribution in [0.3, 0.4) is 0 Å². The lowest BCUT2D eigenvalue weighted by atomic mass is 9.84. The molecule has 1 amide bonds. The fraction of sp³-hybridized carbons (Fsp3) is 0.562. The number of carbonyl (C=O) groups is 1. The molecule has 0 saturated heterocycles. The van der Waals surface area contributed by atoms with Crippen molar-refractivity contribution < 1.29 is 4.79 Å². The number of hydrogen-bond donors (Lipinski definition) is 1. The average Bonchev–Trinajstić information content (AvgIpc) is 2.37. The standard InChI is InChI=1S/C16H24N2O/c1-12(17)16(19)18(11-14-7-6-8-14)13(2)15-9-4-3-5-10-15/h3-5,9-10,12-14H,6-8,11,17H2,1-2H3/t12-,13+/m1/s1. The normalized spacial score (nSPS) is 18.5. The van der Waals surface area contributed by atoms with Gasteiger partial charge in [-0.05, 0) is 38.2 Å². The summed E-state index contributed by atoms with van der Waals surface area (Å²) in [6.07, 6.45) is 3.78. The van der Waals surface area contributed by atoms with Gasteiger partial charge in [0, 0.05) is 6.54 Å². The van der Waals surface area contributed by atoms with Crippen molar-refractivity contribution in [3.05, 3.63) is 35.9 Å². The predicted octanol–water partition coefficient (Wildman–Crippen LogP) is 2.72. The van der Waals surface area contributed by atoms with Crippen LogP contribution in [-0.4, -0.2) is 23.4 Å². The SMILES string of the molecule is C[C@@H](N)C(=O)N(CC1CCC1)[C@@H](C)c1ccccc1. The van der Waals surface area contributed by atoms with Crippen molar-refractivity contribution >= 4 is 5.91 Å². The highest BCUT2D eigenvalue weighted by Crippen LogP contribution is 2.30. The summed E-state index contributed by atoms with van der Waals surface area (Å²) < 4.78 is 0. The van der Waals surface area contributed by atoms with Crippen molar-refractivity contribution in [2.75, 3.05) is 6.54 Å². The quantitative estimate of drug-likeness (QED) is 0.884. The summed E-state index contributed by atoms with van der Waals surface area (Å²) in [5, 5.41) is 0. The lowest BCUT2D eigenvalue weighted by Crippen LogP contribution is -2.46. The van der Waals surface area contributed by atoms with Crippen LogP contribution in [-0.2, 0) is 4.79 Å². The molecule has 3 nitrogen and oxygen atoms in total. The maximum Gasteiger partial charge on any atom is 0.239 e. The van der Waals surface area contributed by atoms with E-state index in [1.165, 1.54) is 24.8 Å². The summed E-state index contributed by atoms with van der Waals surface area (Å²) in [5.74, 6) is 0.720. The number of carbonyl (C=O) groups excluding carboxylic acids is 1. The van der Waals surface area contributed by atoms with Gasteiger partial charge in [0.25, 0.3) is 0 Å². The van der Waals surface area contributed by atoms with Gasteiger partial charge >= 0.3 is 0 Å². The van der Waals surface area contributed by atoms with Gasteiger partial charge in [0.1, 0.15) is 0 Å². The highest BCUT2D eigenvalue weighted by molar-refractivity contribution is 5.81. The molecule has 19 heavy (non-hydrogen) atoms. The van der Waals surface area contributed by atoms with E-state index in [4.69, 9.17) is 5.73 Å². The van der Waals surface area contributed by atoms with Crippen molar-refractivity contribution in [2.45, 2.75) is 45.2 Å². The predicted molar refractivity (Wildman–Crippen MR) is 77.6 cm³/mol. The molecule has 1 fully saturated rings. The van der Waals surface area contributed by atoms with Crippen LogP contribution in [0.2, 0.25) is 0 Å². The Hall–Kier alpha value is -1.35.